The summed E-state index contributed by atoms with van der Waals surface area (Å²) in [6, 6.07) is 7.93. The summed E-state index contributed by atoms with van der Waals surface area (Å²) in [6.07, 6.45) is 1.91. The van der Waals surface area contributed by atoms with Gasteiger partial charge in [-0.25, -0.2) is 0 Å². The van der Waals surface area contributed by atoms with Crippen LogP contribution in [-0.4, -0.2) is 53.9 Å². The normalized spacial score (nSPS) is 26.4. The second-order valence-electron chi connectivity index (χ2n) is 6.23. The molecule has 2 atom stereocenters. The lowest BCUT2D eigenvalue weighted by Crippen LogP contribution is -2.32. The molecule has 3 heterocycles. The van der Waals surface area contributed by atoms with Crippen LogP contribution in [0.4, 0.5) is 0 Å². The number of aromatic nitrogens is 1. The van der Waals surface area contributed by atoms with Gasteiger partial charge in [0.05, 0.1) is 0 Å². The Hall–Kier alpha value is -1.81. The highest BCUT2D eigenvalue weighted by Gasteiger charge is 2.40. The molecule has 0 spiro atoms. The van der Waals surface area contributed by atoms with Crippen molar-refractivity contribution in [2.75, 3.05) is 33.2 Å². The number of hydrogen-bond acceptors (Lipinski definition) is 2. The van der Waals surface area contributed by atoms with Gasteiger partial charge < -0.3 is 14.8 Å². The molecule has 2 aliphatic heterocycles. The number of hydrogen-bond donors (Lipinski definition) is 1. The van der Waals surface area contributed by atoms with Crippen LogP contribution in [0.25, 0.3) is 10.9 Å². The van der Waals surface area contributed by atoms with E-state index in [1.165, 1.54) is 0 Å². The van der Waals surface area contributed by atoms with Crippen molar-refractivity contribution in [3.05, 3.63) is 36.0 Å². The quantitative estimate of drug-likeness (QED) is 0.857. The van der Waals surface area contributed by atoms with Gasteiger partial charge in [0.25, 0.3) is 5.91 Å². The molecule has 0 aliphatic carbocycles. The molecule has 2 aliphatic rings. The van der Waals surface area contributed by atoms with E-state index in [2.05, 4.69) is 16.9 Å². The van der Waals surface area contributed by atoms with Crippen molar-refractivity contribution in [2.45, 2.75) is 0 Å². The van der Waals surface area contributed by atoms with Crippen molar-refractivity contribution in [1.82, 2.24) is 14.8 Å². The SMILES string of the molecule is CN1CC2CN(C(=O)c3ccc4[nH]ccc4c3)CC2C1. The Morgan fingerprint density at radius 2 is 1.90 bits per heavy atom. The highest BCUT2D eigenvalue weighted by Crippen LogP contribution is 2.31. The number of benzene rings is 1. The first kappa shape index (κ1) is 12.0. The molecule has 4 nitrogen and oxygen atoms in total. The first-order valence-corrected chi connectivity index (χ1v) is 7.25. The van der Waals surface area contributed by atoms with Crippen molar-refractivity contribution in [1.29, 1.82) is 0 Å². The molecule has 4 heteroatoms. The van der Waals surface area contributed by atoms with Crippen LogP contribution in [0, 0.1) is 11.8 Å². The highest BCUT2D eigenvalue weighted by molar-refractivity contribution is 5.98. The fourth-order valence-electron chi connectivity index (χ4n) is 3.76. The minimum absolute atomic E-state index is 0.185. The lowest BCUT2D eigenvalue weighted by molar-refractivity contribution is 0.0776. The monoisotopic (exact) mass is 269 g/mol. The molecule has 1 aromatic heterocycles. The maximum atomic E-state index is 12.6. The second kappa shape index (κ2) is 4.35. The summed E-state index contributed by atoms with van der Waals surface area (Å²) in [5.74, 6) is 1.52. The van der Waals surface area contributed by atoms with Gasteiger partial charge in [-0.15, -0.1) is 0 Å². The van der Waals surface area contributed by atoms with Gasteiger partial charge in [0.15, 0.2) is 0 Å². The largest absolute Gasteiger partial charge is 0.361 e. The van der Waals surface area contributed by atoms with Gasteiger partial charge in [-0.05, 0) is 43.1 Å². The summed E-state index contributed by atoms with van der Waals surface area (Å²) in [7, 11) is 2.17. The van der Waals surface area contributed by atoms with Crippen LogP contribution >= 0.6 is 0 Å². The zero-order chi connectivity index (χ0) is 13.7. The average Bonchev–Trinajstić information content (AvgIpc) is 3.09. The van der Waals surface area contributed by atoms with Gasteiger partial charge >= 0.3 is 0 Å². The van der Waals surface area contributed by atoms with Gasteiger partial charge in [-0.3, -0.25) is 4.79 Å². The molecule has 2 saturated heterocycles. The zero-order valence-electron chi connectivity index (χ0n) is 11.7. The molecule has 2 unspecified atom stereocenters. The lowest BCUT2D eigenvalue weighted by Gasteiger charge is -2.19. The predicted octanol–water partition coefficient (Wildman–Crippen LogP) is 1.80. The number of carbonyl (C=O) groups excluding carboxylic acids is 1. The Kier molecular flexibility index (Phi) is 2.60. The van der Waals surface area contributed by atoms with E-state index in [-0.39, 0.29) is 5.91 Å². The van der Waals surface area contributed by atoms with Crippen LogP contribution in [0.5, 0.6) is 0 Å². The van der Waals surface area contributed by atoms with Gasteiger partial charge in [0.1, 0.15) is 0 Å². The topological polar surface area (TPSA) is 39.3 Å². The molecular weight excluding hydrogens is 250 g/mol. The summed E-state index contributed by atoms with van der Waals surface area (Å²) in [4.78, 5) is 20.2. The summed E-state index contributed by atoms with van der Waals surface area (Å²) in [6.45, 7) is 4.09. The Labute approximate surface area is 118 Å². The molecule has 20 heavy (non-hydrogen) atoms. The first-order chi connectivity index (χ1) is 9.70. The van der Waals surface area contributed by atoms with Crippen LogP contribution in [0.3, 0.4) is 0 Å². The first-order valence-electron chi connectivity index (χ1n) is 7.25. The Bertz CT molecular complexity index is 649. The maximum Gasteiger partial charge on any atom is 0.253 e. The van der Waals surface area contributed by atoms with Gasteiger partial charge in [0.2, 0.25) is 0 Å². The van der Waals surface area contributed by atoms with Crippen LogP contribution < -0.4 is 0 Å². The Morgan fingerprint density at radius 3 is 2.65 bits per heavy atom. The number of likely N-dealkylation sites (tertiary alicyclic amines) is 2. The van der Waals surface area contributed by atoms with E-state index in [0.717, 1.165) is 42.6 Å². The molecule has 1 amide bonds. The molecule has 2 fully saturated rings. The average molecular weight is 269 g/mol. The van der Waals surface area contributed by atoms with E-state index < -0.39 is 0 Å². The number of nitrogens with zero attached hydrogens (tertiary/aromatic N) is 2. The summed E-state index contributed by atoms with van der Waals surface area (Å²) in [5.41, 5.74) is 1.90. The Morgan fingerprint density at radius 1 is 1.15 bits per heavy atom. The third kappa shape index (κ3) is 1.83. The molecular formula is C16H19N3O. The predicted molar refractivity (Wildman–Crippen MR) is 78.7 cm³/mol. The third-order valence-electron chi connectivity index (χ3n) is 4.76. The molecule has 4 rings (SSSR count). The number of H-pyrrole nitrogens is 1. The van der Waals surface area contributed by atoms with E-state index in [4.69, 9.17) is 0 Å². The van der Waals surface area contributed by atoms with E-state index in [9.17, 15) is 4.79 Å². The van der Waals surface area contributed by atoms with Gasteiger partial charge in [-0.2, -0.15) is 0 Å². The van der Waals surface area contributed by atoms with Crippen LogP contribution in [0.2, 0.25) is 0 Å². The minimum atomic E-state index is 0.185. The molecule has 0 bridgehead atoms. The van der Waals surface area contributed by atoms with Crippen LogP contribution in [-0.2, 0) is 0 Å². The molecule has 0 saturated carbocycles. The third-order valence-corrected chi connectivity index (χ3v) is 4.76. The zero-order valence-corrected chi connectivity index (χ0v) is 11.7. The standard InChI is InChI=1S/C16H19N3O/c1-18-7-13-9-19(10-14(13)8-18)16(20)12-2-3-15-11(6-12)4-5-17-15/h2-6,13-14,17H,7-10H2,1H3. The van der Waals surface area contributed by atoms with E-state index >= 15 is 0 Å². The number of carbonyl (C=O) groups is 1. The smallest absolute Gasteiger partial charge is 0.253 e. The summed E-state index contributed by atoms with van der Waals surface area (Å²) < 4.78 is 0. The van der Waals surface area contributed by atoms with Gasteiger partial charge in [0, 0.05) is 48.8 Å². The van der Waals surface area contributed by atoms with E-state index in [1.54, 1.807) is 0 Å². The number of amides is 1. The van der Waals surface area contributed by atoms with Crippen molar-refractivity contribution < 1.29 is 4.79 Å². The molecule has 1 N–H and O–H groups in total. The van der Waals surface area contributed by atoms with Crippen molar-refractivity contribution in [3.63, 3.8) is 0 Å². The molecule has 0 radical (unpaired) electrons. The summed E-state index contributed by atoms with van der Waals surface area (Å²) >= 11 is 0. The maximum absolute atomic E-state index is 12.6. The minimum Gasteiger partial charge on any atom is -0.361 e. The molecule has 2 aromatic rings. The fraction of sp³-hybridized carbons (Fsp3) is 0.438. The fourth-order valence-corrected chi connectivity index (χ4v) is 3.76. The van der Waals surface area contributed by atoms with Crippen molar-refractivity contribution >= 4 is 16.8 Å². The lowest BCUT2D eigenvalue weighted by atomic mass is 10.0. The summed E-state index contributed by atoms with van der Waals surface area (Å²) in [5, 5.41) is 1.11. The number of nitrogens with one attached hydrogen (secondary N) is 1. The number of aromatic amines is 1. The number of fused-ring (bicyclic) bond motifs is 2. The highest BCUT2D eigenvalue weighted by atomic mass is 16.2. The van der Waals surface area contributed by atoms with Crippen molar-refractivity contribution in [3.8, 4) is 0 Å². The van der Waals surface area contributed by atoms with Gasteiger partial charge in [-0.1, -0.05) is 0 Å². The van der Waals surface area contributed by atoms with Crippen LogP contribution in [0.1, 0.15) is 10.4 Å². The molecule has 104 valence electrons. The van der Waals surface area contributed by atoms with E-state index in [0.29, 0.717) is 11.8 Å². The van der Waals surface area contributed by atoms with Crippen LogP contribution in [0.15, 0.2) is 30.5 Å². The van der Waals surface area contributed by atoms with E-state index in [1.807, 2.05) is 35.4 Å². The van der Waals surface area contributed by atoms with Crippen molar-refractivity contribution in [2.24, 2.45) is 11.8 Å². The Balaban J connectivity index is 1.55. The number of rotatable bonds is 1. The second-order valence-corrected chi connectivity index (χ2v) is 6.23. The molecule has 1 aromatic carbocycles.